The second kappa shape index (κ2) is 10.5. The van der Waals surface area contributed by atoms with E-state index in [9.17, 15) is 4.79 Å². The Kier molecular flexibility index (Phi) is 8.67. The number of para-hydroxylation sites is 2. The molecule has 4 rings (SSSR count). The van der Waals surface area contributed by atoms with Crippen molar-refractivity contribution in [1.82, 2.24) is 19.8 Å². The SMILES string of the molecule is Cl.Cl.O=c1[nH]c2ccccc2n1C1CCN(CC[C@H]2CCCNCC2)CC1. The third-order valence-electron chi connectivity index (χ3n) is 6.10. The number of likely N-dealkylation sites (tertiary alicyclic amines) is 1. The Hall–Kier alpha value is -1.01. The first-order valence-electron chi connectivity index (χ1n) is 9.93. The van der Waals surface area contributed by atoms with Gasteiger partial charge in [-0.1, -0.05) is 12.1 Å². The van der Waals surface area contributed by atoms with Crippen molar-refractivity contribution in [3.05, 3.63) is 34.7 Å². The van der Waals surface area contributed by atoms with Gasteiger partial charge in [0, 0.05) is 19.1 Å². The van der Waals surface area contributed by atoms with Crippen LogP contribution in [-0.2, 0) is 0 Å². The van der Waals surface area contributed by atoms with E-state index in [0.717, 1.165) is 42.9 Å². The van der Waals surface area contributed by atoms with E-state index in [1.165, 1.54) is 45.3 Å². The number of imidazole rings is 1. The molecule has 0 aliphatic carbocycles. The van der Waals surface area contributed by atoms with E-state index < -0.39 is 0 Å². The first kappa shape index (κ1) is 22.3. The maximum atomic E-state index is 12.4. The van der Waals surface area contributed by atoms with Gasteiger partial charge >= 0.3 is 5.69 Å². The molecule has 2 saturated heterocycles. The van der Waals surface area contributed by atoms with Gasteiger partial charge in [0.2, 0.25) is 0 Å². The summed E-state index contributed by atoms with van der Waals surface area (Å²) in [5, 5.41) is 3.51. The standard InChI is InChI=1S/C20H30N4O.2ClH/c25-20-22-18-5-1-2-6-19(18)24(20)17-9-14-23(15-10-17)13-8-16-4-3-11-21-12-7-16;;/h1-2,5-6,16-17,21H,3-4,7-15H2,(H,22,25);2*1H/t16-;;/m0../s1. The lowest BCUT2D eigenvalue weighted by molar-refractivity contribution is 0.174. The molecule has 2 fully saturated rings. The van der Waals surface area contributed by atoms with Gasteiger partial charge in [-0.25, -0.2) is 4.79 Å². The minimum atomic E-state index is 0. The smallest absolute Gasteiger partial charge is 0.317 e. The number of rotatable bonds is 4. The maximum Gasteiger partial charge on any atom is 0.326 e. The molecule has 0 radical (unpaired) electrons. The zero-order valence-corrected chi connectivity index (χ0v) is 17.5. The minimum Gasteiger partial charge on any atom is -0.317 e. The van der Waals surface area contributed by atoms with Crippen LogP contribution in [0.4, 0.5) is 0 Å². The van der Waals surface area contributed by atoms with Crippen molar-refractivity contribution in [3.63, 3.8) is 0 Å². The molecule has 1 aromatic carbocycles. The molecule has 1 aromatic heterocycles. The number of H-pyrrole nitrogens is 1. The molecule has 0 unspecified atom stereocenters. The van der Waals surface area contributed by atoms with Gasteiger partial charge in [0.05, 0.1) is 11.0 Å². The number of aromatic amines is 1. The van der Waals surface area contributed by atoms with Gasteiger partial charge in [0.25, 0.3) is 0 Å². The lowest BCUT2D eigenvalue weighted by atomic mass is 9.96. The summed E-state index contributed by atoms with van der Waals surface area (Å²) in [5.41, 5.74) is 2.06. The summed E-state index contributed by atoms with van der Waals surface area (Å²) in [7, 11) is 0. The molecule has 3 heterocycles. The van der Waals surface area contributed by atoms with E-state index in [1.807, 2.05) is 22.8 Å². The summed E-state index contributed by atoms with van der Waals surface area (Å²) in [6, 6.07) is 8.38. The fourth-order valence-electron chi connectivity index (χ4n) is 4.58. The van der Waals surface area contributed by atoms with Gasteiger partial charge in [0.1, 0.15) is 0 Å². The number of aromatic nitrogens is 2. The highest BCUT2D eigenvalue weighted by Gasteiger charge is 2.24. The van der Waals surface area contributed by atoms with Crippen molar-refractivity contribution in [2.45, 2.75) is 44.6 Å². The highest BCUT2D eigenvalue weighted by molar-refractivity contribution is 5.85. The number of piperidine rings is 1. The average Bonchev–Trinajstić information content (AvgIpc) is 2.81. The predicted molar refractivity (Wildman–Crippen MR) is 117 cm³/mol. The van der Waals surface area contributed by atoms with Crippen LogP contribution in [0.2, 0.25) is 0 Å². The van der Waals surface area contributed by atoms with Crippen LogP contribution in [0.25, 0.3) is 11.0 Å². The Morgan fingerprint density at radius 2 is 1.78 bits per heavy atom. The topological polar surface area (TPSA) is 53.1 Å². The molecular weight excluding hydrogens is 383 g/mol. The molecule has 0 amide bonds. The van der Waals surface area contributed by atoms with E-state index in [1.54, 1.807) is 0 Å². The molecule has 0 saturated carbocycles. The van der Waals surface area contributed by atoms with Crippen LogP contribution in [0.1, 0.15) is 44.6 Å². The van der Waals surface area contributed by atoms with Crippen LogP contribution >= 0.6 is 24.8 Å². The van der Waals surface area contributed by atoms with Crippen LogP contribution in [0.5, 0.6) is 0 Å². The minimum absolute atomic E-state index is 0. The van der Waals surface area contributed by atoms with Crippen LogP contribution in [0.15, 0.2) is 29.1 Å². The fraction of sp³-hybridized carbons (Fsp3) is 0.650. The van der Waals surface area contributed by atoms with Gasteiger partial charge < -0.3 is 15.2 Å². The average molecular weight is 415 g/mol. The van der Waals surface area contributed by atoms with Gasteiger partial charge in [-0.2, -0.15) is 0 Å². The summed E-state index contributed by atoms with van der Waals surface area (Å²) in [4.78, 5) is 18.0. The van der Waals surface area contributed by atoms with Gasteiger partial charge in [-0.05, 0) is 76.2 Å². The third-order valence-corrected chi connectivity index (χ3v) is 6.10. The Bertz CT molecular complexity index is 744. The van der Waals surface area contributed by atoms with Crippen molar-refractivity contribution in [2.24, 2.45) is 5.92 Å². The Morgan fingerprint density at radius 3 is 2.59 bits per heavy atom. The molecule has 2 aliphatic heterocycles. The third kappa shape index (κ3) is 5.29. The molecular formula is C20H32Cl2N4O. The van der Waals surface area contributed by atoms with Crippen molar-refractivity contribution < 1.29 is 0 Å². The van der Waals surface area contributed by atoms with Gasteiger partial charge in [-0.3, -0.25) is 4.57 Å². The normalized spacial score (nSPS) is 22.0. The molecule has 7 heteroatoms. The van der Waals surface area contributed by atoms with Crippen molar-refractivity contribution >= 4 is 35.8 Å². The van der Waals surface area contributed by atoms with E-state index in [0.29, 0.717) is 6.04 Å². The number of nitrogens with zero attached hydrogens (tertiary/aromatic N) is 2. The predicted octanol–water partition coefficient (Wildman–Crippen LogP) is 3.59. The van der Waals surface area contributed by atoms with E-state index in [4.69, 9.17) is 0 Å². The Morgan fingerprint density at radius 1 is 1.00 bits per heavy atom. The Labute approximate surface area is 173 Å². The number of halogens is 2. The zero-order chi connectivity index (χ0) is 17.1. The molecule has 2 aliphatic rings. The van der Waals surface area contributed by atoms with Crippen LogP contribution in [0, 0.1) is 5.92 Å². The number of hydrogen-bond acceptors (Lipinski definition) is 3. The summed E-state index contributed by atoms with van der Waals surface area (Å²) in [5.74, 6) is 0.893. The van der Waals surface area contributed by atoms with Gasteiger partial charge in [0.15, 0.2) is 0 Å². The fourth-order valence-corrected chi connectivity index (χ4v) is 4.58. The highest BCUT2D eigenvalue weighted by Crippen LogP contribution is 2.26. The van der Waals surface area contributed by atoms with Gasteiger partial charge in [-0.15, -0.1) is 24.8 Å². The lowest BCUT2D eigenvalue weighted by Crippen LogP contribution is -2.38. The second-order valence-corrected chi connectivity index (χ2v) is 7.73. The summed E-state index contributed by atoms with van der Waals surface area (Å²) in [6.45, 7) is 5.83. The summed E-state index contributed by atoms with van der Waals surface area (Å²) >= 11 is 0. The molecule has 0 spiro atoms. The first-order valence-corrected chi connectivity index (χ1v) is 9.93. The molecule has 27 heavy (non-hydrogen) atoms. The number of hydrogen-bond donors (Lipinski definition) is 2. The maximum absolute atomic E-state index is 12.4. The number of benzene rings is 1. The van der Waals surface area contributed by atoms with E-state index in [2.05, 4.69) is 21.3 Å². The molecule has 152 valence electrons. The summed E-state index contributed by atoms with van der Waals surface area (Å²) < 4.78 is 1.99. The molecule has 2 aromatic rings. The van der Waals surface area contributed by atoms with Crippen LogP contribution in [-0.4, -0.2) is 47.2 Å². The quantitative estimate of drug-likeness (QED) is 0.803. The first-order chi connectivity index (χ1) is 12.3. The van der Waals surface area contributed by atoms with Crippen molar-refractivity contribution in [3.8, 4) is 0 Å². The zero-order valence-electron chi connectivity index (χ0n) is 15.9. The molecule has 2 N–H and O–H groups in total. The van der Waals surface area contributed by atoms with E-state index >= 15 is 0 Å². The molecule has 5 nitrogen and oxygen atoms in total. The number of nitrogens with one attached hydrogen (secondary N) is 2. The van der Waals surface area contributed by atoms with Crippen molar-refractivity contribution in [2.75, 3.05) is 32.7 Å². The lowest BCUT2D eigenvalue weighted by Gasteiger charge is -2.33. The second-order valence-electron chi connectivity index (χ2n) is 7.73. The largest absolute Gasteiger partial charge is 0.326 e. The number of fused-ring (bicyclic) bond motifs is 1. The summed E-state index contributed by atoms with van der Waals surface area (Å²) in [6.07, 6.45) is 7.53. The monoisotopic (exact) mass is 414 g/mol. The van der Waals surface area contributed by atoms with Crippen LogP contribution in [0.3, 0.4) is 0 Å². The van der Waals surface area contributed by atoms with E-state index in [-0.39, 0.29) is 30.5 Å². The molecule has 0 bridgehead atoms. The van der Waals surface area contributed by atoms with Crippen molar-refractivity contribution in [1.29, 1.82) is 0 Å². The Balaban J connectivity index is 0.00000131. The van der Waals surface area contributed by atoms with Crippen LogP contribution < -0.4 is 11.0 Å². The molecule has 1 atom stereocenters. The highest BCUT2D eigenvalue weighted by atomic mass is 35.5.